The molecule has 0 aliphatic carbocycles. The van der Waals surface area contributed by atoms with Crippen LogP contribution in [-0.4, -0.2) is 24.9 Å². The minimum atomic E-state index is -0.0449. The molecule has 2 atom stereocenters. The maximum atomic E-state index is 15.2. The number of carbonyl (C=O) groups excluding carboxylic acids is 2. The summed E-state index contributed by atoms with van der Waals surface area (Å²) in [5, 5.41) is 4.27. The van der Waals surface area contributed by atoms with Crippen molar-refractivity contribution in [2.24, 2.45) is 11.8 Å². The second-order valence-electron chi connectivity index (χ2n) is 16.1. The van der Waals surface area contributed by atoms with Gasteiger partial charge in [0.25, 0.3) is 11.8 Å². The normalized spacial score (nSPS) is 16.1. The van der Waals surface area contributed by atoms with E-state index in [0.717, 1.165) is 85.0 Å². The van der Waals surface area contributed by atoms with Crippen LogP contribution in [0, 0.1) is 25.7 Å². The van der Waals surface area contributed by atoms with Gasteiger partial charge in [-0.3, -0.25) is 9.59 Å². The molecule has 0 fully saturated rings. The zero-order valence-electron chi connectivity index (χ0n) is 34.7. The van der Waals surface area contributed by atoms with Crippen molar-refractivity contribution in [3.8, 4) is 40.4 Å². The van der Waals surface area contributed by atoms with Crippen LogP contribution < -0.4 is 9.80 Å². The van der Waals surface area contributed by atoms with Crippen LogP contribution in [0.4, 0.5) is 11.4 Å². The van der Waals surface area contributed by atoms with E-state index in [9.17, 15) is 0 Å². The number of hydrogen-bond donors (Lipinski definition) is 0. The second kappa shape index (κ2) is 17.6. The number of nitrogens with zero attached hydrogens (tertiary/aromatic N) is 2. The molecule has 4 aromatic heterocycles. The molecule has 0 radical (unpaired) electrons. The van der Waals surface area contributed by atoms with Crippen molar-refractivity contribution < 1.29 is 9.59 Å². The van der Waals surface area contributed by atoms with E-state index in [2.05, 4.69) is 125 Å². The summed E-state index contributed by atoms with van der Waals surface area (Å²) in [7, 11) is 0. The maximum absolute atomic E-state index is 15.2. The van der Waals surface area contributed by atoms with Crippen molar-refractivity contribution >= 4 is 79.7 Å². The average molecular weight is 843 g/mol. The summed E-state index contributed by atoms with van der Waals surface area (Å²) in [5.74, 6) is 0.664. The monoisotopic (exact) mass is 842 g/mol. The van der Waals surface area contributed by atoms with E-state index in [1.165, 1.54) is 40.4 Å². The molecule has 4 nitrogen and oxygen atoms in total. The van der Waals surface area contributed by atoms with Crippen molar-refractivity contribution in [3.63, 3.8) is 0 Å². The van der Waals surface area contributed by atoms with Gasteiger partial charge in [-0.2, -0.15) is 0 Å². The number of rotatable bonds is 16. The molecule has 6 heterocycles. The highest BCUT2D eigenvalue weighted by Crippen LogP contribution is 2.51. The summed E-state index contributed by atoms with van der Waals surface area (Å²) >= 11 is 7.17. The molecule has 2 unspecified atom stereocenters. The molecule has 2 aliphatic heterocycles. The molecular formula is C50H54N2O2S4. The van der Waals surface area contributed by atoms with Gasteiger partial charge in [-0.1, -0.05) is 103 Å². The van der Waals surface area contributed by atoms with Gasteiger partial charge in [0.2, 0.25) is 0 Å². The number of aryl methyl sites for hydroxylation is 2. The first-order valence-corrected chi connectivity index (χ1v) is 24.6. The molecule has 8 heteroatoms. The van der Waals surface area contributed by atoms with Gasteiger partial charge in [-0.05, 0) is 108 Å². The Labute approximate surface area is 360 Å². The molecule has 6 aromatic rings. The van der Waals surface area contributed by atoms with Gasteiger partial charge in [0.1, 0.15) is 0 Å². The van der Waals surface area contributed by atoms with E-state index in [4.69, 9.17) is 0 Å². The smallest absolute Gasteiger partial charge is 0.259 e. The van der Waals surface area contributed by atoms with Crippen LogP contribution in [0.3, 0.4) is 0 Å². The number of thiophene rings is 4. The van der Waals surface area contributed by atoms with E-state index in [-0.39, 0.29) is 11.8 Å². The Bertz CT molecular complexity index is 2280. The Morgan fingerprint density at radius 1 is 0.552 bits per heavy atom. The lowest BCUT2D eigenvalue weighted by Crippen LogP contribution is -2.34. The van der Waals surface area contributed by atoms with Gasteiger partial charge >= 0.3 is 0 Å². The van der Waals surface area contributed by atoms with Crippen LogP contribution in [0.25, 0.3) is 51.5 Å². The fraction of sp³-hybridized carbons (Fsp3) is 0.360. The van der Waals surface area contributed by atoms with Gasteiger partial charge in [-0.15, -0.1) is 45.3 Å². The predicted octanol–water partition coefficient (Wildman–Crippen LogP) is 15.3. The van der Waals surface area contributed by atoms with E-state index in [1.807, 2.05) is 32.5 Å². The summed E-state index contributed by atoms with van der Waals surface area (Å²) in [6, 6.07) is 26.2. The minimum absolute atomic E-state index is 0.0449. The Hall–Kier alpha value is -4.08. The molecule has 8 rings (SSSR count). The van der Waals surface area contributed by atoms with Crippen molar-refractivity contribution in [1.29, 1.82) is 0 Å². The molecule has 0 N–H and O–H groups in total. The molecule has 300 valence electrons. The molecule has 2 amide bonds. The van der Waals surface area contributed by atoms with Crippen LogP contribution in [0.1, 0.15) is 101 Å². The van der Waals surface area contributed by atoms with Gasteiger partial charge in [0.05, 0.1) is 22.5 Å². The third-order valence-electron chi connectivity index (χ3n) is 12.1. The van der Waals surface area contributed by atoms with Crippen LogP contribution >= 0.6 is 45.3 Å². The quantitative estimate of drug-likeness (QED) is 0.0911. The van der Waals surface area contributed by atoms with Gasteiger partial charge < -0.3 is 9.80 Å². The average Bonchev–Trinajstić information content (AvgIpc) is 4.10. The number of unbranched alkanes of at least 4 members (excludes halogenated alkanes) is 2. The maximum Gasteiger partial charge on any atom is 0.259 e. The third-order valence-corrected chi connectivity index (χ3v) is 16.8. The SMILES string of the molecule is CCCCC(CC)CN1C(=O)/C(=C2/C(=O)N(CC(CC)CCCC)c3cc(-c4cc(C)c(-c5cccs5)s4)ccc32)c2ccc(-c3cc(C)c(-c4cccs4)s3)cc21. The number of anilines is 2. The van der Waals surface area contributed by atoms with Crippen molar-refractivity contribution in [2.75, 3.05) is 22.9 Å². The summed E-state index contributed by atoms with van der Waals surface area (Å²) < 4.78 is 0. The molecule has 0 spiro atoms. The molecular weight excluding hydrogens is 789 g/mol. The zero-order valence-corrected chi connectivity index (χ0v) is 37.9. The first-order valence-electron chi connectivity index (χ1n) is 21.2. The number of carbonyl (C=O) groups is 2. The van der Waals surface area contributed by atoms with Crippen molar-refractivity contribution in [2.45, 2.75) is 92.9 Å². The van der Waals surface area contributed by atoms with Gasteiger partial charge in [-0.25, -0.2) is 0 Å². The highest BCUT2D eigenvalue weighted by Gasteiger charge is 2.43. The number of amides is 2. The second-order valence-corrected chi connectivity index (χ2v) is 20.1. The highest BCUT2D eigenvalue weighted by molar-refractivity contribution is 7.24. The summed E-state index contributed by atoms with van der Waals surface area (Å²) in [6.07, 6.45) is 8.71. The lowest BCUT2D eigenvalue weighted by molar-refractivity contribution is -0.114. The van der Waals surface area contributed by atoms with Crippen LogP contribution in [-0.2, 0) is 9.59 Å². The Morgan fingerprint density at radius 3 is 1.34 bits per heavy atom. The van der Waals surface area contributed by atoms with Crippen LogP contribution in [0.15, 0.2) is 83.6 Å². The number of fused-ring (bicyclic) bond motifs is 2. The molecule has 0 saturated carbocycles. The zero-order chi connectivity index (χ0) is 40.5. The first-order chi connectivity index (χ1) is 28.2. The minimum Gasteiger partial charge on any atom is -0.307 e. The highest BCUT2D eigenvalue weighted by atomic mass is 32.1. The summed E-state index contributed by atoms with van der Waals surface area (Å²) in [5.41, 5.74) is 9.47. The third kappa shape index (κ3) is 7.74. The fourth-order valence-corrected chi connectivity index (χ4v) is 12.9. The number of hydrogen-bond acceptors (Lipinski definition) is 6. The van der Waals surface area contributed by atoms with Crippen molar-refractivity contribution in [1.82, 2.24) is 0 Å². The lowest BCUT2D eigenvalue weighted by atomic mass is 9.94. The topological polar surface area (TPSA) is 40.6 Å². The first kappa shape index (κ1) is 40.7. The van der Waals surface area contributed by atoms with E-state index >= 15 is 9.59 Å². The predicted molar refractivity (Wildman–Crippen MR) is 254 cm³/mol. The summed E-state index contributed by atoms with van der Waals surface area (Å²) in [6.45, 7) is 14.6. The molecule has 58 heavy (non-hydrogen) atoms. The number of benzene rings is 2. The fourth-order valence-electron chi connectivity index (χ4n) is 8.71. The molecule has 0 saturated heterocycles. The molecule has 2 aliphatic rings. The standard InChI is InChI=1S/C50H54N2O2S4/c1-7-11-15-33(9-3)29-51-39-27-35(43-25-31(5)47(57-43)41-17-13-23-55-41)19-21-37(39)45(49(51)53)46-38-22-20-36(44-26-32(6)48(58-44)42-18-14-24-56-42)28-40(38)52(50(46)54)30-34(10-4)16-12-8-2/h13-14,17-28,33-34H,7-12,15-16,29-30H2,1-6H3/b46-45+. The van der Waals surface area contributed by atoms with E-state index in [1.54, 1.807) is 22.7 Å². The molecule has 2 aromatic carbocycles. The Balaban J connectivity index is 1.26. The van der Waals surface area contributed by atoms with E-state index < -0.39 is 0 Å². The van der Waals surface area contributed by atoms with Gasteiger partial charge in [0, 0.05) is 53.5 Å². The summed E-state index contributed by atoms with van der Waals surface area (Å²) in [4.78, 5) is 41.9. The van der Waals surface area contributed by atoms with Crippen molar-refractivity contribution in [3.05, 3.63) is 106 Å². The largest absolute Gasteiger partial charge is 0.307 e. The Kier molecular flexibility index (Phi) is 12.4. The Morgan fingerprint density at radius 2 is 0.983 bits per heavy atom. The van der Waals surface area contributed by atoms with E-state index in [0.29, 0.717) is 36.1 Å². The van der Waals surface area contributed by atoms with Gasteiger partial charge in [0.15, 0.2) is 0 Å². The lowest BCUT2D eigenvalue weighted by Gasteiger charge is -2.24. The van der Waals surface area contributed by atoms with Crippen LogP contribution in [0.2, 0.25) is 0 Å². The van der Waals surface area contributed by atoms with Crippen LogP contribution in [0.5, 0.6) is 0 Å². The molecule has 0 bridgehead atoms.